The molecule has 0 unspecified atom stereocenters. The summed E-state index contributed by atoms with van der Waals surface area (Å²) in [5, 5.41) is 17.0. The number of pyridine rings is 1. The van der Waals surface area contributed by atoms with Crippen LogP contribution in [0.4, 0.5) is 17.3 Å². The molecule has 2 N–H and O–H groups in total. The molecule has 0 bridgehead atoms. The fourth-order valence-corrected chi connectivity index (χ4v) is 1.85. The number of hydrogen-bond acceptors (Lipinski definition) is 7. The molecule has 0 saturated heterocycles. The summed E-state index contributed by atoms with van der Waals surface area (Å²) in [5.41, 5.74) is 1.51. The van der Waals surface area contributed by atoms with Crippen molar-refractivity contribution in [3.8, 4) is 0 Å². The Morgan fingerprint density at radius 2 is 1.95 bits per heavy atom. The molecule has 0 aliphatic rings. The number of aryl methyl sites for hydroxylation is 1. The zero-order valence-corrected chi connectivity index (χ0v) is 11.8. The van der Waals surface area contributed by atoms with E-state index in [1.807, 2.05) is 32.0 Å². The first-order chi connectivity index (χ1) is 10.1. The maximum absolute atomic E-state index is 11.2. The number of rotatable bonds is 6. The summed E-state index contributed by atoms with van der Waals surface area (Å²) in [5.74, 6) is 0.381. The summed E-state index contributed by atoms with van der Waals surface area (Å²) in [6.45, 7) is 4.62. The van der Waals surface area contributed by atoms with Crippen LogP contribution in [0.2, 0.25) is 0 Å². The Hall–Kier alpha value is -2.77. The highest BCUT2D eigenvalue weighted by atomic mass is 16.6. The summed E-state index contributed by atoms with van der Waals surface area (Å²) in [4.78, 5) is 22.9. The highest BCUT2D eigenvalue weighted by Crippen LogP contribution is 2.28. The van der Waals surface area contributed by atoms with E-state index >= 15 is 0 Å². The zero-order valence-electron chi connectivity index (χ0n) is 11.8. The van der Waals surface area contributed by atoms with Crippen molar-refractivity contribution in [1.82, 2.24) is 15.0 Å². The van der Waals surface area contributed by atoms with E-state index in [9.17, 15) is 10.1 Å². The minimum absolute atomic E-state index is 0.160. The lowest BCUT2D eigenvalue weighted by molar-refractivity contribution is -0.383. The molecule has 0 amide bonds. The van der Waals surface area contributed by atoms with Crippen LogP contribution >= 0.6 is 0 Å². The molecule has 8 nitrogen and oxygen atoms in total. The Bertz CT molecular complexity index is 646. The third-order valence-corrected chi connectivity index (χ3v) is 2.73. The summed E-state index contributed by atoms with van der Waals surface area (Å²) in [6, 6.07) is 5.62. The second kappa shape index (κ2) is 6.60. The molecule has 0 aliphatic heterocycles. The van der Waals surface area contributed by atoms with Crippen LogP contribution in [0.5, 0.6) is 0 Å². The molecule has 2 rings (SSSR count). The largest absolute Gasteiger partial charge is 0.364 e. The second-order valence-corrected chi connectivity index (χ2v) is 4.33. The van der Waals surface area contributed by atoms with Gasteiger partial charge in [-0.1, -0.05) is 6.07 Å². The van der Waals surface area contributed by atoms with Crippen LogP contribution in [-0.4, -0.2) is 26.4 Å². The van der Waals surface area contributed by atoms with Crippen LogP contribution in [0.25, 0.3) is 0 Å². The predicted molar refractivity (Wildman–Crippen MR) is 79.2 cm³/mol. The molecule has 0 saturated carbocycles. The average Bonchev–Trinajstić information content (AvgIpc) is 2.45. The third-order valence-electron chi connectivity index (χ3n) is 2.73. The summed E-state index contributed by atoms with van der Waals surface area (Å²) >= 11 is 0. The average molecular weight is 288 g/mol. The molecule has 2 heterocycles. The van der Waals surface area contributed by atoms with Gasteiger partial charge in [0.1, 0.15) is 6.33 Å². The third kappa shape index (κ3) is 3.62. The Morgan fingerprint density at radius 3 is 2.57 bits per heavy atom. The van der Waals surface area contributed by atoms with Gasteiger partial charge in [-0.3, -0.25) is 15.1 Å². The number of nitrogens with one attached hydrogen (secondary N) is 2. The van der Waals surface area contributed by atoms with E-state index in [0.29, 0.717) is 13.1 Å². The number of nitro groups is 1. The quantitative estimate of drug-likeness (QED) is 0.619. The number of nitrogens with zero attached hydrogens (tertiary/aromatic N) is 4. The normalized spacial score (nSPS) is 10.2. The van der Waals surface area contributed by atoms with Crippen molar-refractivity contribution < 1.29 is 4.92 Å². The molecule has 0 radical (unpaired) electrons. The molecule has 0 fully saturated rings. The molecule has 21 heavy (non-hydrogen) atoms. The minimum Gasteiger partial charge on any atom is -0.364 e. The Balaban J connectivity index is 2.23. The first-order valence-corrected chi connectivity index (χ1v) is 6.51. The first-order valence-electron chi connectivity index (χ1n) is 6.51. The smallest absolute Gasteiger partial charge is 0.353 e. The molecule has 8 heteroatoms. The number of aromatic nitrogens is 3. The van der Waals surface area contributed by atoms with E-state index in [4.69, 9.17) is 0 Å². The lowest BCUT2D eigenvalue weighted by Gasteiger charge is -2.09. The van der Waals surface area contributed by atoms with Crippen LogP contribution in [0, 0.1) is 17.0 Å². The van der Waals surface area contributed by atoms with Crippen molar-refractivity contribution >= 4 is 17.3 Å². The number of hydrogen-bond donors (Lipinski definition) is 2. The Morgan fingerprint density at radius 1 is 1.24 bits per heavy atom. The Labute approximate surface area is 121 Å². The molecule has 2 aromatic rings. The molecule has 0 aliphatic carbocycles. The van der Waals surface area contributed by atoms with E-state index < -0.39 is 4.92 Å². The standard InChI is InChI=1S/C13H16N6O2/c1-3-14-12-11(19(20)21)13(17-8-16-12)15-7-10-6-4-5-9(2)18-10/h4-6,8H,3,7H2,1-2H3,(H2,14,15,16,17). The molecular weight excluding hydrogens is 272 g/mol. The Kier molecular flexibility index (Phi) is 4.60. The van der Waals surface area contributed by atoms with E-state index in [1.54, 1.807) is 0 Å². The van der Waals surface area contributed by atoms with Gasteiger partial charge in [0.15, 0.2) is 0 Å². The molecule has 0 spiro atoms. The van der Waals surface area contributed by atoms with E-state index in [-0.39, 0.29) is 17.3 Å². The van der Waals surface area contributed by atoms with Gasteiger partial charge in [-0.25, -0.2) is 9.97 Å². The van der Waals surface area contributed by atoms with Crippen molar-refractivity contribution in [2.24, 2.45) is 0 Å². The van der Waals surface area contributed by atoms with Crippen molar-refractivity contribution in [3.63, 3.8) is 0 Å². The number of anilines is 2. The highest BCUT2D eigenvalue weighted by Gasteiger charge is 2.22. The molecule has 0 atom stereocenters. The fraction of sp³-hybridized carbons (Fsp3) is 0.308. The van der Waals surface area contributed by atoms with Crippen molar-refractivity contribution in [3.05, 3.63) is 46.0 Å². The van der Waals surface area contributed by atoms with Crippen LogP contribution in [-0.2, 0) is 6.54 Å². The molecule has 0 aromatic carbocycles. The van der Waals surface area contributed by atoms with Crippen molar-refractivity contribution in [2.75, 3.05) is 17.2 Å². The highest BCUT2D eigenvalue weighted by molar-refractivity contribution is 5.69. The van der Waals surface area contributed by atoms with Gasteiger partial charge in [0.25, 0.3) is 0 Å². The summed E-state index contributed by atoms with van der Waals surface area (Å²) < 4.78 is 0. The van der Waals surface area contributed by atoms with Gasteiger partial charge in [0.05, 0.1) is 17.2 Å². The van der Waals surface area contributed by atoms with Crippen LogP contribution in [0.3, 0.4) is 0 Å². The van der Waals surface area contributed by atoms with E-state index in [0.717, 1.165) is 11.4 Å². The maximum atomic E-state index is 11.2. The lowest BCUT2D eigenvalue weighted by Crippen LogP contribution is -2.10. The topological polar surface area (TPSA) is 106 Å². The zero-order chi connectivity index (χ0) is 15.2. The first kappa shape index (κ1) is 14.6. The maximum Gasteiger partial charge on any atom is 0.353 e. The van der Waals surface area contributed by atoms with Gasteiger partial charge < -0.3 is 10.6 Å². The van der Waals surface area contributed by atoms with Crippen LogP contribution < -0.4 is 10.6 Å². The van der Waals surface area contributed by atoms with E-state index in [1.165, 1.54) is 6.33 Å². The minimum atomic E-state index is -0.496. The SMILES string of the molecule is CCNc1ncnc(NCc2cccc(C)n2)c1[N+](=O)[O-]. The van der Waals surface area contributed by atoms with Gasteiger partial charge in [0, 0.05) is 12.2 Å². The van der Waals surface area contributed by atoms with Crippen molar-refractivity contribution in [2.45, 2.75) is 20.4 Å². The second-order valence-electron chi connectivity index (χ2n) is 4.33. The monoisotopic (exact) mass is 288 g/mol. The van der Waals surface area contributed by atoms with E-state index in [2.05, 4.69) is 25.6 Å². The van der Waals surface area contributed by atoms with Crippen LogP contribution in [0.15, 0.2) is 24.5 Å². The van der Waals surface area contributed by atoms with Gasteiger partial charge in [-0.15, -0.1) is 0 Å². The van der Waals surface area contributed by atoms with Gasteiger partial charge in [0.2, 0.25) is 11.6 Å². The molecule has 110 valence electrons. The molecular formula is C13H16N6O2. The molecule has 2 aromatic heterocycles. The summed E-state index contributed by atoms with van der Waals surface area (Å²) in [6.07, 6.45) is 1.29. The van der Waals surface area contributed by atoms with Crippen LogP contribution in [0.1, 0.15) is 18.3 Å². The summed E-state index contributed by atoms with van der Waals surface area (Å²) in [7, 11) is 0. The van der Waals surface area contributed by atoms with Gasteiger partial charge in [-0.05, 0) is 26.0 Å². The van der Waals surface area contributed by atoms with Crippen molar-refractivity contribution in [1.29, 1.82) is 0 Å². The van der Waals surface area contributed by atoms with Gasteiger partial charge >= 0.3 is 5.69 Å². The predicted octanol–water partition coefficient (Wildman–Crippen LogP) is 2.13. The fourth-order valence-electron chi connectivity index (χ4n) is 1.85. The van der Waals surface area contributed by atoms with Gasteiger partial charge in [-0.2, -0.15) is 0 Å². The lowest BCUT2D eigenvalue weighted by atomic mass is 10.3.